The number of carbonyl (C=O) groups is 2. The zero-order valence-electron chi connectivity index (χ0n) is 22.0. The summed E-state index contributed by atoms with van der Waals surface area (Å²) in [5, 5.41) is 17.4. The van der Waals surface area contributed by atoms with Gasteiger partial charge in [-0.3, -0.25) is 14.3 Å². The topological polar surface area (TPSA) is 101 Å². The number of carbonyl (C=O) groups excluding carboxylic acids is 2. The lowest BCUT2D eigenvalue weighted by Gasteiger charge is -2.32. The summed E-state index contributed by atoms with van der Waals surface area (Å²) in [6.07, 6.45) is 4.55. The molecule has 1 spiro atoms. The van der Waals surface area contributed by atoms with Crippen LogP contribution in [0.25, 0.3) is 0 Å². The molecule has 11 heteroatoms. The molecule has 0 aliphatic carbocycles. The van der Waals surface area contributed by atoms with Crippen LogP contribution in [0.1, 0.15) is 43.9 Å². The molecule has 0 bridgehead atoms. The Morgan fingerprint density at radius 1 is 1.27 bits per heavy atom. The summed E-state index contributed by atoms with van der Waals surface area (Å²) < 4.78 is 24.3. The van der Waals surface area contributed by atoms with E-state index in [2.05, 4.69) is 10.3 Å². The Hall–Kier alpha value is -2.63. The molecule has 3 aliphatic heterocycles. The van der Waals surface area contributed by atoms with Gasteiger partial charge in [-0.05, 0) is 50.6 Å². The summed E-state index contributed by atoms with van der Waals surface area (Å²) in [5.74, 6) is -0.484. The molecule has 0 saturated carbocycles. The lowest BCUT2D eigenvalue weighted by atomic mass is 9.82. The molecule has 2 fully saturated rings. The molecule has 0 radical (unpaired) electrons. The van der Waals surface area contributed by atoms with Crippen LogP contribution in [0.15, 0.2) is 24.4 Å². The van der Waals surface area contributed by atoms with E-state index in [4.69, 9.17) is 9.84 Å². The minimum Gasteiger partial charge on any atom is -0.396 e. The molecule has 4 atom stereocenters. The summed E-state index contributed by atoms with van der Waals surface area (Å²) >= 11 is 0. The highest BCUT2D eigenvalue weighted by Crippen LogP contribution is 2.60. The van der Waals surface area contributed by atoms with E-state index < -0.39 is 25.7 Å². The molecule has 3 aliphatic rings. The van der Waals surface area contributed by atoms with Crippen molar-refractivity contribution in [2.75, 3.05) is 30.0 Å². The van der Waals surface area contributed by atoms with Crippen LogP contribution in [0, 0.1) is 5.92 Å². The van der Waals surface area contributed by atoms with E-state index in [-0.39, 0.29) is 24.3 Å². The second kappa shape index (κ2) is 9.59. The predicted molar refractivity (Wildman–Crippen MR) is 140 cm³/mol. The van der Waals surface area contributed by atoms with E-state index in [1.165, 1.54) is 0 Å². The molecular weight excluding hydrogens is 493 g/mol. The smallest absolute Gasteiger partial charge is 0.264 e. The standard InChI is InChI=1S/C26H36FN5O4Si/c1-17-24(37(3,4)27)22(10-13-31-16-18(11-14-33)28-29-31)36-26(17)20-15-19(32-12-6-5-7-23(32)34)8-9-21(20)30(2)25(26)35/h8-9,15-17,22,24,33H,5-7,10-14H2,1-4H3/t17-,22+,24-,26+/m0/s1. The van der Waals surface area contributed by atoms with Crippen LogP contribution in [0.2, 0.25) is 18.6 Å². The molecule has 2 aromatic rings. The third-order valence-electron chi connectivity index (χ3n) is 8.31. The largest absolute Gasteiger partial charge is 0.396 e. The first-order chi connectivity index (χ1) is 17.6. The van der Waals surface area contributed by atoms with Gasteiger partial charge < -0.3 is 23.8 Å². The quantitative estimate of drug-likeness (QED) is 0.437. The van der Waals surface area contributed by atoms with Crippen molar-refractivity contribution < 1.29 is 23.5 Å². The van der Waals surface area contributed by atoms with Crippen LogP contribution < -0.4 is 9.80 Å². The second-order valence-corrected chi connectivity index (χ2v) is 14.9. The van der Waals surface area contributed by atoms with Crippen molar-refractivity contribution >= 4 is 31.6 Å². The highest BCUT2D eigenvalue weighted by Gasteiger charge is 2.66. The zero-order chi connectivity index (χ0) is 26.5. The van der Waals surface area contributed by atoms with Crippen molar-refractivity contribution in [3.8, 4) is 0 Å². The van der Waals surface area contributed by atoms with Crippen LogP contribution in [-0.4, -0.2) is 66.6 Å². The van der Waals surface area contributed by atoms with Crippen molar-refractivity contribution in [1.29, 1.82) is 0 Å². The average molecular weight is 530 g/mol. The van der Waals surface area contributed by atoms with Gasteiger partial charge in [0.1, 0.15) is 0 Å². The van der Waals surface area contributed by atoms with Gasteiger partial charge >= 0.3 is 0 Å². The van der Waals surface area contributed by atoms with Crippen LogP contribution in [0.5, 0.6) is 0 Å². The maximum Gasteiger partial charge on any atom is 0.264 e. The summed E-state index contributed by atoms with van der Waals surface area (Å²) in [7, 11) is -1.53. The average Bonchev–Trinajstić information content (AvgIpc) is 3.49. The Balaban J connectivity index is 1.50. The molecule has 0 unspecified atom stereocenters. The first-order valence-electron chi connectivity index (χ1n) is 13.2. The first kappa shape index (κ1) is 26.0. The number of halogens is 1. The van der Waals surface area contributed by atoms with Crippen LogP contribution in [0.3, 0.4) is 0 Å². The number of ether oxygens (including phenoxy) is 1. The number of piperidine rings is 1. The predicted octanol–water partition coefficient (Wildman–Crippen LogP) is 3.17. The Labute approximate surface area is 217 Å². The molecule has 37 heavy (non-hydrogen) atoms. The highest BCUT2D eigenvalue weighted by atomic mass is 28.4. The summed E-state index contributed by atoms with van der Waals surface area (Å²) in [6.45, 7) is 6.42. The van der Waals surface area contributed by atoms with Crippen LogP contribution in [0.4, 0.5) is 15.5 Å². The van der Waals surface area contributed by atoms with Crippen molar-refractivity contribution in [3.63, 3.8) is 0 Å². The summed E-state index contributed by atoms with van der Waals surface area (Å²) in [4.78, 5) is 29.9. The number of aliphatic hydroxyl groups excluding tert-OH is 1. The number of hydrogen-bond acceptors (Lipinski definition) is 6. The number of rotatable bonds is 7. The molecular formula is C26H36FN5O4Si. The van der Waals surface area contributed by atoms with Gasteiger partial charge in [0.05, 0.1) is 17.5 Å². The second-order valence-electron chi connectivity index (χ2n) is 11.1. The zero-order valence-corrected chi connectivity index (χ0v) is 23.0. The van der Waals surface area contributed by atoms with Crippen molar-refractivity contribution in [1.82, 2.24) is 15.0 Å². The van der Waals surface area contributed by atoms with Crippen LogP contribution in [-0.2, 0) is 32.9 Å². The molecule has 5 rings (SSSR count). The van der Waals surface area contributed by atoms with E-state index in [9.17, 15) is 9.59 Å². The molecule has 200 valence electrons. The molecule has 2 amide bonds. The van der Waals surface area contributed by atoms with Gasteiger partial charge in [0.2, 0.25) is 14.3 Å². The van der Waals surface area contributed by atoms with Gasteiger partial charge in [0.15, 0.2) is 5.60 Å². The van der Waals surface area contributed by atoms with Gasteiger partial charge in [-0.2, -0.15) is 0 Å². The Morgan fingerprint density at radius 2 is 2.05 bits per heavy atom. The molecule has 1 aromatic carbocycles. The van der Waals surface area contributed by atoms with Gasteiger partial charge in [-0.1, -0.05) is 12.1 Å². The number of hydrogen-bond donors (Lipinski definition) is 1. The monoisotopic (exact) mass is 529 g/mol. The van der Waals surface area contributed by atoms with E-state index in [0.717, 1.165) is 29.8 Å². The van der Waals surface area contributed by atoms with Crippen LogP contribution >= 0.6 is 0 Å². The maximum atomic E-state index is 15.9. The molecule has 2 saturated heterocycles. The number of aromatic nitrogens is 3. The fourth-order valence-corrected chi connectivity index (χ4v) is 9.14. The van der Waals surface area contributed by atoms with Crippen molar-refractivity contribution in [3.05, 3.63) is 35.7 Å². The number of nitrogens with zero attached hydrogens (tertiary/aromatic N) is 5. The number of amides is 2. The number of aliphatic hydroxyl groups is 1. The van der Waals surface area contributed by atoms with Crippen molar-refractivity contribution in [2.45, 2.75) is 75.9 Å². The van der Waals surface area contributed by atoms with Gasteiger partial charge in [0.25, 0.3) is 5.91 Å². The van der Waals surface area contributed by atoms with E-state index in [1.54, 1.807) is 40.8 Å². The van der Waals surface area contributed by atoms with E-state index >= 15 is 4.11 Å². The minimum absolute atomic E-state index is 0.00572. The Bertz CT molecular complexity index is 1200. The molecule has 4 heterocycles. The highest BCUT2D eigenvalue weighted by molar-refractivity contribution is 6.72. The lowest BCUT2D eigenvalue weighted by molar-refractivity contribution is -0.145. The number of likely N-dealkylation sites (N-methyl/N-ethyl adjacent to an activating group) is 1. The Kier molecular flexibility index (Phi) is 6.74. The van der Waals surface area contributed by atoms with E-state index in [0.29, 0.717) is 38.0 Å². The molecule has 9 nitrogen and oxygen atoms in total. The number of aryl methyl sites for hydroxylation is 1. The fourth-order valence-electron chi connectivity index (χ4n) is 6.59. The van der Waals surface area contributed by atoms with Gasteiger partial charge in [-0.25, -0.2) is 0 Å². The normalized spacial score (nSPS) is 28.0. The fraction of sp³-hybridized carbons (Fsp3) is 0.615. The maximum absolute atomic E-state index is 15.9. The number of fused-ring (bicyclic) bond motifs is 2. The minimum atomic E-state index is -3.26. The number of anilines is 2. The van der Waals surface area contributed by atoms with Gasteiger partial charge in [-0.15, -0.1) is 5.10 Å². The first-order valence-corrected chi connectivity index (χ1v) is 16.1. The summed E-state index contributed by atoms with van der Waals surface area (Å²) in [6, 6.07) is 5.69. The Morgan fingerprint density at radius 3 is 2.76 bits per heavy atom. The van der Waals surface area contributed by atoms with Gasteiger partial charge in [0, 0.05) is 68.5 Å². The molecule has 1 aromatic heterocycles. The van der Waals surface area contributed by atoms with E-state index in [1.807, 2.05) is 25.1 Å². The van der Waals surface area contributed by atoms with Crippen molar-refractivity contribution in [2.24, 2.45) is 5.92 Å². The third-order valence-corrected chi connectivity index (χ3v) is 10.8. The number of benzene rings is 1. The third kappa shape index (κ3) is 4.30. The lowest BCUT2D eigenvalue weighted by Crippen LogP contribution is -2.44. The SMILES string of the molecule is C[C@H]1[C@H]([Si](C)(C)F)[C@@H](CCn2cc(CCO)nn2)O[C@]12C(=O)N(C)c1ccc(N3CCCCC3=O)cc12. The summed E-state index contributed by atoms with van der Waals surface area (Å²) in [5.41, 5.74) is 1.22. The molecule has 1 N–H and O–H groups in total.